The van der Waals surface area contributed by atoms with E-state index in [9.17, 15) is 0 Å². The Morgan fingerprint density at radius 3 is 2.11 bits per heavy atom. The van der Waals surface area contributed by atoms with Crippen LogP contribution in [0.2, 0.25) is 0 Å². The molecule has 0 spiro atoms. The van der Waals surface area contributed by atoms with Crippen molar-refractivity contribution in [2.45, 2.75) is 39.2 Å². The highest BCUT2D eigenvalue weighted by atomic mass is 16.5. The van der Waals surface area contributed by atoms with Gasteiger partial charge in [-0.2, -0.15) is 0 Å². The third-order valence-corrected chi connectivity index (χ3v) is 3.49. The predicted molar refractivity (Wildman–Crippen MR) is 76.3 cm³/mol. The molecule has 1 rings (SSSR count). The number of hydrazine groups is 1. The van der Waals surface area contributed by atoms with E-state index >= 15 is 0 Å². The third kappa shape index (κ3) is 4.09. The first-order valence-corrected chi connectivity index (χ1v) is 6.65. The lowest BCUT2D eigenvalue weighted by molar-refractivity contribution is 0.170. The molecule has 18 heavy (non-hydrogen) atoms. The van der Waals surface area contributed by atoms with Crippen LogP contribution in [0, 0.1) is 5.92 Å². The van der Waals surface area contributed by atoms with Gasteiger partial charge in [-0.3, -0.25) is 11.3 Å². The second kappa shape index (κ2) is 7.52. The van der Waals surface area contributed by atoms with Gasteiger partial charge in [-0.1, -0.05) is 45.0 Å². The van der Waals surface area contributed by atoms with E-state index in [1.54, 1.807) is 7.11 Å². The number of hydrogen-bond donors (Lipinski definition) is 2. The lowest BCUT2D eigenvalue weighted by Gasteiger charge is -2.24. The second-order valence-corrected chi connectivity index (χ2v) is 5.22. The Kier molecular flexibility index (Phi) is 6.33. The Morgan fingerprint density at radius 2 is 1.67 bits per heavy atom. The third-order valence-electron chi connectivity index (χ3n) is 3.49. The summed E-state index contributed by atoms with van der Waals surface area (Å²) in [7, 11) is 1.73. The van der Waals surface area contributed by atoms with Gasteiger partial charge in [-0.15, -0.1) is 0 Å². The fraction of sp³-hybridized carbons (Fsp3) is 0.600. The van der Waals surface area contributed by atoms with Crippen molar-refractivity contribution >= 4 is 0 Å². The number of nitrogens with one attached hydrogen (secondary N) is 1. The number of ether oxygens (including phenoxy) is 1. The zero-order valence-corrected chi connectivity index (χ0v) is 11.9. The molecule has 1 aromatic carbocycles. The lowest BCUT2D eigenvalue weighted by Crippen LogP contribution is -2.33. The number of benzene rings is 1. The molecule has 0 amide bonds. The summed E-state index contributed by atoms with van der Waals surface area (Å²) in [4.78, 5) is 0. The molecule has 3 nitrogen and oxygen atoms in total. The van der Waals surface area contributed by atoms with E-state index in [0.29, 0.717) is 11.8 Å². The summed E-state index contributed by atoms with van der Waals surface area (Å²) in [6, 6.07) is 8.90. The van der Waals surface area contributed by atoms with Crippen LogP contribution in [0.5, 0.6) is 0 Å². The average Bonchev–Trinajstić information content (AvgIpc) is 2.37. The molecule has 0 aliphatic heterocycles. The molecular formula is C15H26N2O. The average molecular weight is 250 g/mol. The quantitative estimate of drug-likeness (QED) is 0.577. The van der Waals surface area contributed by atoms with E-state index in [1.807, 2.05) is 0 Å². The number of nitrogens with two attached hydrogens (primary N) is 1. The van der Waals surface area contributed by atoms with Crippen molar-refractivity contribution < 1.29 is 4.74 Å². The second-order valence-electron chi connectivity index (χ2n) is 5.22. The monoisotopic (exact) mass is 250 g/mol. The van der Waals surface area contributed by atoms with Crippen molar-refractivity contribution in [1.82, 2.24) is 5.43 Å². The summed E-state index contributed by atoms with van der Waals surface area (Å²) < 4.78 is 5.12. The first-order valence-electron chi connectivity index (χ1n) is 6.65. The molecule has 0 aliphatic rings. The first-order chi connectivity index (χ1) is 8.60. The molecular weight excluding hydrogens is 224 g/mol. The summed E-state index contributed by atoms with van der Waals surface area (Å²) in [5, 5.41) is 0. The van der Waals surface area contributed by atoms with Crippen LogP contribution < -0.4 is 11.3 Å². The van der Waals surface area contributed by atoms with Crippen molar-refractivity contribution in [3.05, 3.63) is 35.4 Å². The Balaban J connectivity index is 2.75. The Bertz CT molecular complexity index is 335. The molecule has 3 heteroatoms. The smallest absolute Gasteiger partial charge is 0.0486 e. The first kappa shape index (κ1) is 15.2. The topological polar surface area (TPSA) is 47.3 Å². The highest BCUT2D eigenvalue weighted by molar-refractivity contribution is 5.27. The van der Waals surface area contributed by atoms with E-state index in [1.165, 1.54) is 11.1 Å². The molecule has 0 bridgehead atoms. The van der Waals surface area contributed by atoms with Crippen molar-refractivity contribution in [2.75, 3.05) is 13.7 Å². The fourth-order valence-corrected chi connectivity index (χ4v) is 2.15. The minimum Gasteiger partial charge on any atom is -0.385 e. The van der Waals surface area contributed by atoms with E-state index in [2.05, 4.69) is 50.5 Å². The van der Waals surface area contributed by atoms with Crippen molar-refractivity contribution in [2.24, 2.45) is 11.8 Å². The van der Waals surface area contributed by atoms with Crippen LogP contribution in [-0.4, -0.2) is 13.7 Å². The summed E-state index contributed by atoms with van der Waals surface area (Å²) in [6.45, 7) is 7.37. The van der Waals surface area contributed by atoms with Gasteiger partial charge in [0.05, 0.1) is 0 Å². The number of rotatable bonds is 7. The van der Waals surface area contributed by atoms with E-state index in [0.717, 1.165) is 13.0 Å². The maximum Gasteiger partial charge on any atom is 0.0486 e. The Morgan fingerprint density at radius 1 is 1.11 bits per heavy atom. The molecule has 0 fully saturated rings. The maximum atomic E-state index is 5.68. The minimum atomic E-state index is 0.182. The summed E-state index contributed by atoms with van der Waals surface area (Å²) in [5.74, 6) is 6.69. The zero-order valence-electron chi connectivity index (χ0n) is 11.9. The molecule has 1 aromatic rings. The summed E-state index contributed by atoms with van der Waals surface area (Å²) >= 11 is 0. The highest BCUT2D eigenvalue weighted by Gasteiger charge is 2.17. The highest BCUT2D eigenvalue weighted by Crippen LogP contribution is 2.25. The fourth-order valence-electron chi connectivity index (χ4n) is 2.15. The summed E-state index contributed by atoms with van der Waals surface area (Å²) in [6.07, 6.45) is 0.997. The van der Waals surface area contributed by atoms with Crippen LogP contribution in [0.15, 0.2) is 24.3 Å². The van der Waals surface area contributed by atoms with Gasteiger partial charge in [0.15, 0.2) is 0 Å². The van der Waals surface area contributed by atoms with Crippen molar-refractivity contribution in [3.8, 4) is 0 Å². The Labute approximate surface area is 111 Å². The molecule has 0 saturated heterocycles. The van der Waals surface area contributed by atoms with Gasteiger partial charge in [0.2, 0.25) is 0 Å². The van der Waals surface area contributed by atoms with Gasteiger partial charge < -0.3 is 4.74 Å². The standard InChI is InChI=1S/C15H26N2O/c1-11(2)13-5-7-14(8-6-13)15(17-16)12(3)9-10-18-4/h5-8,11-12,15,17H,9-10,16H2,1-4H3. The minimum absolute atomic E-state index is 0.182. The summed E-state index contributed by atoms with van der Waals surface area (Å²) in [5.41, 5.74) is 5.52. The molecule has 102 valence electrons. The molecule has 0 heterocycles. The van der Waals surface area contributed by atoms with Crippen molar-refractivity contribution in [3.63, 3.8) is 0 Å². The normalized spacial score (nSPS) is 14.8. The van der Waals surface area contributed by atoms with Crippen LogP contribution >= 0.6 is 0 Å². The van der Waals surface area contributed by atoms with Crippen LogP contribution in [0.3, 0.4) is 0 Å². The van der Waals surface area contributed by atoms with Gasteiger partial charge in [0, 0.05) is 19.8 Å². The number of methoxy groups -OCH3 is 1. The van der Waals surface area contributed by atoms with Crippen LogP contribution in [0.4, 0.5) is 0 Å². The zero-order chi connectivity index (χ0) is 13.5. The van der Waals surface area contributed by atoms with Crippen LogP contribution in [0.25, 0.3) is 0 Å². The number of hydrogen-bond acceptors (Lipinski definition) is 3. The van der Waals surface area contributed by atoms with E-state index < -0.39 is 0 Å². The van der Waals surface area contributed by atoms with Gasteiger partial charge in [0.25, 0.3) is 0 Å². The van der Waals surface area contributed by atoms with Gasteiger partial charge in [0.1, 0.15) is 0 Å². The van der Waals surface area contributed by atoms with Crippen LogP contribution in [-0.2, 0) is 4.74 Å². The SMILES string of the molecule is COCCC(C)C(NN)c1ccc(C(C)C)cc1. The van der Waals surface area contributed by atoms with Gasteiger partial charge in [-0.25, -0.2) is 0 Å². The molecule has 3 N–H and O–H groups in total. The van der Waals surface area contributed by atoms with Gasteiger partial charge >= 0.3 is 0 Å². The molecule has 0 radical (unpaired) electrons. The van der Waals surface area contributed by atoms with E-state index in [-0.39, 0.29) is 6.04 Å². The lowest BCUT2D eigenvalue weighted by atomic mass is 9.91. The van der Waals surface area contributed by atoms with Crippen LogP contribution in [0.1, 0.15) is 50.3 Å². The van der Waals surface area contributed by atoms with Crippen molar-refractivity contribution in [1.29, 1.82) is 0 Å². The molecule has 0 aliphatic carbocycles. The largest absolute Gasteiger partial charge is 0.385 e. The maximum absolute atomic E-state index is 5.68. The molecule has 2 atom stereocenters. The van der Waals surface area contributed by atoms with E-state index in [4.69, 9.17) is 10.6 Å². The molecule has 0 saturated carbocycles. The van der Waals surface area contributed by atoms with Gasteiger partial charge in [-0.05, 0) is 29.4 Å². The molecule has 2 unspecified atom stereocenters. The Hall–Kier alpha value is -0.900. The molecule has 0 aromatic heterocycles. The predicted octanol–water partition coefficient (Wildman–Crippen LogP) is 2.99.